The van der Waals surface area contributed by atoms with Crippen LogP contribution in [0.15, 0.2) is 28.7 Å². The van der Waals surface area contributed by atoms with Crippen LogP contribution in [0.4, 0.5) is 10.4 Å². The molecular weight excluding hydrogens is 273 g/mol. The maximum Gasteiger partial charge on any atom is 0.322 e. The average Bonchev–Trinajstić information content (AvgIpc) is 2.97. The van der Waals surface area contributed by atoms with E-state index < -0.39 is 11.7 Å². The highest BCUT2D eigenvalue weighted by Gasteiger charge is 2.22. The van der Waals surface area contributed by atoms with Gasteiger partial charge in [0.1, 0.15) is 5.82 Å². The Balaban J connectivity index is 1.68. The van der Waals surface area contributed by atoms with Gasteiger partial charge in [-0.25, -0.2) is 4.39 Å². The molecule has 0 unspecified atom stereocenters. The number of halogens is 1. The Morgan fingerprint density at radius 1 is 1.24 bits per heavy atom. The second-order valence-electron chi connectivity index (χ2n) is 5.24. The Hall–Kier alpha value is -2.24. The minimum Gasteiger partial charge on any atom is -0.408 e. The van der Waals surface area contributed by atoms with Crippen molar-refractivity contribution in [3.05, 3.63) is 41.5 Å². The predicted molar refractivity (Wildman–Crippen MR) is 74.5 cm³/mol. The van der Waals surface area contributed by atoms with Crippen molar-refractivity contribution in [1.29, 1.82) is 0 Å². The molecular formula is C15H16FN3O2. The fourth-order valence-electron chi connectivity index (χ4n) is 2.60. The average molecular weight is 289 g/mol. The van der Waals surface area contributed by atoms with Gasteiger partial charge in [0.2, 0.25) is 5.89 Å². The minimum absolute atomic E-state index is 0.0600. The van der Waals surface area contributed by atoms with Crippen LogP contribution in [0, 0.1) is 5.82 Å². The second-order valence-corrected chi connectivity index (χ2v) is 5.24. The first-order valence-corrected chi connectivity index (χ1v) is 7.13. The summed E-state index contributed by atoms with van der Waals surface area (Å²) < 4.78 is 18.6. The molecule has 0 radical (unpaired) electrons. The zero-order chi connectivity index (χ0) is 14.7. The molecule has 6 heteroatoms. The fourth-order valence-corrected chi connectivity index (χ4v) is 2.60. The summed E-state index contributed by atoms with van der Waals surface area (Å²) in [4.78, 5) is 11.9. The molecule has 1 aromatic heterocycles. The van der Waals surface area contributed by atoms with Gasteiger partial charge in [0, 0.05) is 11.5 Å². The normalized spacial score (nSPS) is 15.9. The number of nitrogens with zero attached hydrogens (tertiary/aromatic N) is 2. The third-order valence-electron chi connectivity index (χ3n) is 3.70. The van der Waals surface area contributed by atoms with Crippen molar-refractivity contribution in [1.82, 2.24) is 10.2 Å². The molecule has 3 rings (SSSR count). The van der Waals surface area contributed by atoms with Crippen LogP contribution in [-0.4, -0.2) is 16.1 Å². The Kier molecular flexibility index (Phi) is 3.94. The summed E-state index contributed by atoms with van der Waals surface area (Å²) in [5.41, 5.74) is 0.215. The topological polar surface area (TPSA) is 68.0 Å². The number of carbonyl (C=O) groups is 1. The van der Waals surface area contributed by atoms with Gasteiger partial charge in [-0.15, -0.1) is 5.10 Å². The number of rotatable bonds is 3. The third kappa shape index (κ3) is 3.26. The number of carbonyl (C=O) groups excluding carboxylic acids is 1. The van der Waals surface area contributed by atoms with Gasteiger partial charge in [-0.05, 0) is 31.0 Å². The first-order chi connectivity index (χ1) is 10.2. The van der Waals surface area contributed by atoms with Gasteiger partial charge in [0.05, 0.1) is 0 Å². The van der Waals surface area contributed by atoms with Crippen LogP contribution in [0.1, 0.15) is 54.3 Å². The molecule has 1 fully saturated rings. The number of anilines is 1. The number of nitrogens with one attached hydrogen (secondary N) is 1. The van der Waals surface area contributed by atoms with Crippen LogP contribution < -0.4 is 5.32 Å². The molecule has 0 spiro atoms. The number of amides is 1. The number of aromatic nitrogens is 2. The molecule has 1 amide bonds. The molecule has 21 heavy (non-hydrogen) atoms. The van der Waals surface area contributed by atoms with Gasteiger partial charge in [-0.1, -0.05) is 30.4 Å². The molecule has 5 nitrogen and oxygen atoms in total. The maximum absolute atomic E-state index is 13.1. The third-order valence-corrected chi connectivity index (χ3v) is 3.70. The largest absolute Gasteiger partial charge is 0.408 e. The standard InChI is InChI=1S/C15H16FN3O2/c16-12-8-4-7-11(9-12)13(20)17-15-19-18-14(21-15)10-5-2-1-3-6-10/h4,7-10H,1-3,5-6H2,(H,17,19,20). The molecule has 2 aromatic rings. The number of hydrogen-bond donors (Lipinski definition) is 1. The van der Waals surface area contributed by atoms with Crippen molar-refractivity contribution in [2.45, 2.75) is 38.0 Å². The van der Waals surface area contributed by atoms with E-state index in [0.717, 1.165) is 31.7 Å². The summed E-state index contributed by atoms with van der Waals surface area (Å²) in [6.45, 7) is 0. The van der Waals surface area contributed by atoms with Gasteiger partial charge in [0.25, 0.3) is 5.91 Å². The molecule has 1 saturated carbocycles. The highest BCUT2D eigenvalue weighted by molar-refractivity contribution is 6.03. The lowest BCUT2D eigenvalue weighted by Gasteiger charge is -2.17. The lowest BCUT2D eigenvalue weighted by Crippen LogP contribution is -2.12. The first-order valence-electron chi connectivity index (χ1n) is 7.13. The van der Waals surface area contributed by atoms with Gasteiger partial charge in [-0.3, -0.25) is 10.1 Å². The van der Waals surface area contributed by atoms with E-state index in [1.165, 1.54) is 24.6 Å². The van der Waals surface area contributed by atoms with Gasteiger partial charge in [0.15, 0.2) is 0 Å². The summed E-state index contributed by atoms with van der Waals surface area (Å²) in [6, 6.07) is 5.51. The van der Waals surface area contributed by atoms with E-state index in [1.807, 2.05) is 0 Å². The fraction of sp³-hybridized carbons (Fsp3) is 0.400. The highest BCUT2D eigenvalue weighted by Crippen LogP contribution is 2.32. The first kappa shape index (κ1) is 13.7. The summed E-state index contributed by atoms with van der Waals surface area (Å²) in [5, 5.41) is 10.3. The summed E-state index contributed by atoms with van der Waals surface area (Å²) in [6.07, 6.45) is 5.66. The van der Waals surface area contributed by atoms with E-state index in [1.54, 1.807) is 0 Å². The van der Waals surface area contributed by atoms with E-state index in [-0.39, 0.29) is 17.5 Å². The van der Waals surface area contributed by atoms with E-state index in [2.05, 4.69) is 15.5 Å². The molecule has 0 aliphatic heterocycles. The Morgan fingerprint density at radius 3 is 2.81 bits per heavy atom. The van der Waals surface area contributed by atoms with Gasteiger partial charge < -0.3 is 4.42 Å². The zero-order valence-electron chi connectivity index (χ0n) is 11.5. The summed E-state index contributed by atoms with van der Waals surface area (Å²) in [7, 11) is 0. The van der Waals surface area contributed by atoms with Gasteiger partial charge >= 0.3 is 6.01 Å². The molecule has 1 N–H and O–H groups in total. The monoisotopic (exact) mass is 289 g/mol. The van der Waals surface area contributed by atoms with Crippen LogP contribution in [0.3, 0.4) is 0 Å². The van der Waals surface area contributed by atoms with Crippen molar-refractivity contribution in [2.24, 2.45) is 0 Å². The SMILES string of the molecule is O=C(Nc1nnc(C2CCCCC2)o1)c1cccc(F)c1. The Morgan fingerprint density at radius 2 is 2.05 bits per heavy atom. The van der Waals surface area contributed by atoms with Crippen molar-refractivity contribution in [2.75, 3.05) is 5.32 Å². The van der Waals surface area contributed by atoms with Crippen LogP contribution in [0.5, 0.6) is 0 Å². The van der Waals surface area contributed by atoms with Crippen molar-refractivity contribution in [3.8, 4) is 0 Å². The molecule has 1 aliphatic carbocycles. The maximum atomic E-state index is 13.1. The number of hydrogen-bond acceptors (Lipinski definition) is 4. The molecule has 0 saturated heterocycles. The second kappa shape index (κ2) is 6.03. The molecule has 1 aliphatic rings. The smallest absolute Gasteiger partial charge is 0.322 e. The molecule has 1 aromatic carbocycles. The van der Waals surface area contributed by atoms with Crippen LogP contribution in [-0.2, 0) is 0 Å². The summed E-state index contributed by atoms with van der Waals surface area (Å²) >= 11 is 0. The highest BCUT2D eigenvalue weighted by atomic mass is 19.1. The molecule has 0 bridgehead atoms. The Labute approximate surface area is 121 Å². The van der Waals surface area contributed by atoms with Gasteiger partial charge in [-0.2, -0.15) is 0 Å². The van der Waals surface area contributed by atoms with E-state index >= 15 is 0 Å². The lowest BCUT2D eigenvalue weighted by atomic mass is 9.89. The van der Waals surface area contributed by atoms with E-state index in [0.29, 0.717) is 5.89 Å². The minimum atomic E-state index is -0.464. The van der Waals surface area contributed by atoms with Crippen molar-refractivity contribution < 1.29 is 13.6 Å². The molecule has 110 valence electrons. The van der Waals surface area contributed by atoms with E-state index in [9.17, 15) is 9.18 Å². The van der Waals surface area contributed by atoms with Crippen molar-refractivity contribution >= 4 is 11.9 Å². The number of benzene rings is 1. The van der Waals surface area contributed by atoms with E-state index in [4.69, 9.17) is 4.42 Å². The van der Waals surface area contributed by atoms with Crippen LogP contribution in [0.25, 0.3) is 0 Å². The Bertz CT molecular complexity index is 635. The predicted octanol–water partition coefficient (Wildman–Crippen LogP) is 3.51. The van der Waals surface area contributed by atoms with Crippen LogP contribution in [0.2, 0.25) is 0 Å². The quantitative estimate of drug-likeness (QED) is 0.938. The zero-order valence-corrected chi connectivity index (χ0v) is 11.5. The van der Waals surface area contributed by atoms with Crippen molar-refractivity contribution in [3.63, 3.8) is 0 Å². The summed E-state index contributed by atoms with van der Waals surface area (Å²) in [5.74, 6) is -0.0697. The lowest BCUT2D eigenvalue weighted by molar-refractivity contribution is 0.102. The van der Waals surface area contributed by atoms with Crippen LogP contribution >= 0.6 is 0 Å². The molecule has 0 atom stereocenters. The molecule has 1 heterocycles.